The maximum Gasteiger partial charge on any atom is 0.225 e. The van der Waals surface area contributed by atoms with E-state index < -0.39 is 0 Å². The van der Waals surface area contributed by atoms with Gasteiger partial charge < -0.3 is 4.90 Å². The van der Waals surface area contributed by atoms with Crippen LogP contribution in [0.25, 0.3) is 0 Å². The fourth-order valence-corrected chi connectivity index (χ4v) is 3.78. The van der Waals surface area contributed by atoms with Gasteiger partial charge >= 0.3 is 0 Å². The van der Waals surface area contributed by atoms with Crippen molar-refractivity contribution in [2.45, 2.75) is 19.0 Å². The normalized spacial score (nSPS) is 18.4. The molecule has 1 atom stereocenters. The lowest BCUT2D eigenvalue weighted by Gasteiger charge is -2.36. The minimum absolute atomic E-state index is 0.124. The van der Waals surface area contributed by atoms with E-state index in [1.54, 1.807) is 11.0 Å². The molecule has 1 fully saturated rings. The first-order valence-corrected chi connectivity index (χ1v) is 8.72. The average Bonchev–Trinajstić information content (AvgIpc) is 3.07. The molecule has 3 rings (SSSR count). The molecule has 1 amide bonds. The van der Waals surface area contributed by atoms with Gasteiger partial charge in [0.05, 0.1) is 12.6 Å². The van der Waals surface area contributed by atoms with E-state index >= 15 is 0 Å². The van der Waals surface area contributed by atoms with Crippen molar-refractivity contribution in [3.63, 3.8) is 0 Å². The Balaban J connectivity index is 1.68. The first-order chi connectivity index (χ1) is 10.7. The number of halogens is 1. The minimum atomic E-state index is 0.124. The zero-order valence-corrected chi connectivity index (χ0v) is 13.6. The third-order valence-corrected chi connectivity index (χ3v) is 5.00. The molecule has 7 heteroatoms. The summed E-state index contributed by atoms with van der Waals surface area (Å²) in [6, 6.07) is 7.91. The Labute approximate surface area is 138 Å². The molecule has 0 aliphatic carbocycles. The van der Waals surface area contributed by atoms with Gasteiger partial charge in [-0.1, -0.05) is 23.7 Å². The largest absolute Gasteiger partial charge is 0.334 e. The number of thioether (sulfide) groups is 1. The second kappa shape index (κ2) is 7.15. The van der Waals surface area contributed by atoms with Crippen LogP contribution in [0.2, 0.25) is 5.02 Å². The third-order valence-electron chi connectivity index (χ3n) is 3.72. The van der Waals surface area contributed by atoms with Crippen molar-refractivity contribution in [1.82, 2.24) is 19.7 Å². The summed E-state index contributed by atoms with van der Waals surface area (Å²) in [4.78, 5) is 18.5. The molecule has 1 aromatic carbocycles. The number of benzene rings is 1. The molecular weight excluding hydrogens is 320 g/mol. The highest BCUT2D eigenvalue weighted by atomic mass is 35.5. The Hall–Kier alpha value is -1.53. The zero-order chi connectivity index (χ0) is 15.4. The van der Waals surface area contributed by atoms with Crippen molar-refractivity contribution in [2.24, 2.45) is 0 Å². The molecule has 1 saturated heterocycles. The summed E-state index contributed by atoms with van der Waals surface area (Å²) in [6.07, 6.45) is 3.56. The van der Waals surface area contributed by atoms with Gasteiger partial charge in [-0.15, -0.1) is 0 Å². The minimum Gasteiger partial charge on any atom is -0.334 e. The highest BCUT2D eigenvalue weighted by Gasteiger charge is 2.27. The molecule has 2 heterocycles. The Morgan fingerprint density at radius 2 is 2.18 bits per heavy atom. The fourth-order valence-electron chi connectivity index (χ4n) is 2.57. The van der Waals surface area contributed by atoms with E-state index in [-0.39, 0.29) is 11.9 Å². The topological polar surface area (TPSA) is 51.0 Å². The van der Waals surface area contributed by atoms with Crippen LogP contribution in [-0.4, -0.2) is 43.6 Å². The van der Waals surface area contributed by atoms with Crippen molar-refractivity contribution >= 4 is 29.3 Å². The van der Waals surface area contributed by atoms with Gasteiger partial charge in [-0.05, 0) is 17.7 Å². The number of aromatic nitrogens is 3. The smallest absolute Gasteiger partial charge is 0.225 e. The number of carbonyl (C=O) groups excluding carboxylic acids is 1. The molecule has 1 aromatic heterocycles. The Bertz CT molecular complexity index is 617. The standard InChI is InChI=1S/C15H17ClN4OS/c16-13-3-1-12(2-4-13)14-9-22-8-7-20(14)15(21)5-6-19-11-17-10-18-19/h1-4,10-11,14H,5-9H2/t14-/m1/s1. The summed E-state index contributed by atoms with van der Waals surface area (Å²) in [5.74, 6) is 2.08. The van der Waals surface area contributed by atoms with Gasteiger partial charge in [0, 0.05) is 29.5 Å². The van der Waals surface area contributed by atoms with Gasteiger partial charge in [0.25, 0.3) is 0 Å². The lowest BCUT2D eigenvalue weighted by atomic mass is 10.1. The molecule has 116 valence electrons. The maximum absolute atomic E-state index is 12.6. The number of nitrogens with zero attached hydrogens (tertiary/aromatic N) is 4. The highest BCUT2D eigenvalue weighted by molar-refractivity contribution is 7.99. The van der Waals surface area contributed by atoms with Crippen LogP contribution in [0.3, 0.4) is 0 Å². The monoisotopic (exact) mass is 336 g/mol. The van der Waals surface area contributed by atoms with Gasteiger partial charge in [-0.2, -0.15) is 16.9 Å². The summed E-state index contributed by atoms with van der Waals surface area (Å²) in [7, 11) is 0. The molecule has 1 aliphatic rings. The number of hydrogen-bond donors (Lipinski definition) is 0. The van der Waals surface area contributed by atoms with Crippen LogP contribution in [-0.2, 0) is 11.3 Å². The van der Waals surface area contributed by atoms with Crippen LogP contribution in [0.5, 0.6) is 0 Å². The fraction of sp³-hybridized carbons (Fsp3) is 0.400. The Kier molecular flexibility index (Phi) is 5.00. The molecule has 1 aliphatic heterocycles. The van der Waals surface area contributed by atoms with E-state index in [0.717, 1.165) is 28.6 Å². The van der Waals surface area contributed by atoms with Crippen molar-refractivity contribution in [3.05, 3.63) is 47.5 Å². The van der Waals surface area contributed by atoms with E-state index in [4.69, 9.17) is 11.6 Å². The second-order valence-corrected chi connectivity index (χ2v) is 6.72. The molecule has 0 N–H and O–H groups in total. The van der Waals surface area contributed by atoms with E-state index in [2.05, 4.69) is 10.1 Å². The Morgan fingerprint density at radius 3 is 2.91 bits per heavy atom. The zero-order valence-electron chi connectivity index (χ0n) is 12.1. The predicted octanol–water partition coefficient (Wildman–Crippen LogP) is 2.64. The number of aryl methyl sites for hydroxylation is 1. The number of rotatable bonds is 4. The first kappa shape index (κ1) is 15.4. The number of amides is 1. The van der Waals surface area contributed by atoms with Gasteiger partial charge in [0.15, 0.2) is 0 Å². The lowest BCUT2D eigenvalue weighted by Crippen LogP contribution is -2.41. The van der Waals surface area contributed by atoms with E-state index in [1.807, 2.05) is 40.9 Å². The lowest BCUT2D eigenvalue weighted by molar-refractivity contribution is -0.133. The molecule has 5 nitrogen and oxygen atoms in total. The first-order valence-electron chi connectivity index (χ1n) is 7.19. The summed E-state index contributed by atoms with van der Waals surface area (Å²) in [5.41, 5.74) is 1.14. The predicted molar refractivity (Wildman–Crippen MR) is 87.9 cm³/mol. The Morgan fingerprint density at radius 1 is 1.36 bits per heavy atom. The van der Waals surface area contributed by atoms with Gasteiger partial charge in [-0.25, -0.2) is 4.98 Å². The van der Waals surface area contributed by atoms with Crippen LogP contribution in [0.15, 0.2) is 36.9 Å². The van der Waals surface area contributed by atoms with Crippen molar-refractivity contribution in [2.75, 3.05) is 18.1 Å². The maximum atomic E-state index is 12.6. The third kappa shape index (κ3) is 3.62. The molecule has 2 aromatic rings. The molecule has 0 radical (unpaired) electrons. The molecule has 0 bridgehead atoms. The molecule has 0 spiro atoms. The average molecular weight is 337 g/mol. The number of hydrogen-bond acceptors (Lipinski definition) is 4. The van der Waals surface area contributed by atoms with Crippen LogP contribution in [0, 0.1) is 0 Å². The summed E-state index contributed by atoms with van der Waals surface area (Å²) < 4.78 is 1.69. The SMILES string of the molecule is O=C(CCn1cncn1)N1CCSC[C@@H]1c1ccc(Cl)cc1. The van der Waals surface area contributed by atoms with Gasteiger partial charge in [-0.3, -0.25) is 9.48 Å². The van der Waals surface area contributed by atoms with E-state index in [0.29, 0.717) is 13.0 Å². The molecule has 0 saturated carbocycles. The molecular formula is C15H17ClN4OS. The van der Waals surface area contributed by atoms with Crippen LogP contribution < -0.4 is 0 Å². The van der Waals surface area contributed by atoms with Gasteiger partial charge in [0.2, 0.25) is 5.91 Å². The molecule has 0 unspecified atom stereocenters. The molecule has 22 heavy (non-hydrogen) atoms. The van der Waals surface area contributed by atoms with Crippen LogP contribution in [0.1, 0.15) is 18.0 Å². The quantitative estimate of drug-likeness (QED) is 0.861. The van der Waals surface area contributed by atoms with Gasteiger partial charge in [0.1, 0.15) is 12.7 Å². The highest BCUT2D eigenvalue weighted by Crippen LogP contribution is 2.30. The number of carbonyl (C=O) groups is 1. The second-order valence-electron chi connectivity index (χ2n) is 5.14. The summed E-state index contributed by atoms with van der Waals surface area (Å²) >= 11 is 7.84. The van der Waals surface area contributed by atoms with Crippen molar-refractivity contribution in [3.8, 4) is 0 Å². The van der Waals surface area contributed by atoms with E-state index in [1.165, 1.54) is 6.33 Å². The van der Waals surface area contributed by atoms with Crippen LogP contribution in [0.4, 0.5) is 0 Å². The van der Waals surface area contributed by atoms with Crippen molar-refractivity contribution in [1.29, 1.82) is 0 Å². The van der Waals surface area contributed by atoms with Crippen LogP contribution >= 0.6 is 23.4 Å². The van der Waals surface area contributed by atoms with E-state index in [9.17, 15) is 4.79 Å². The summed E-state index contributed by atoms with van der Waals surface area (Å²) in [6.45, 7) is 1.35. The summed E-state index contributed by atoms with van der Waals surface area (Å²) in [5, 5.41) is 4.76. The van der Waals surface area contributed by atoms with Crippen molar-refractivity contribution < 1.29 is 4.79 Å².